The summed E-state index contributed by atoms with van der Waals surface area (Å²) in [5.74, 6) is 0.391. The molecule has 2 rings (SSSR count). The molecule has 6 heteroatoms. The highest BCUT2D eigenvalue weighted by atomic mass is 35.5. The zero-order chi connectivity index (χ0) is 14.5. The molecule has 0 bridgehead atoms. The Morgan fingerprint density at radius 3 is 2.75 bits per heavy atom. The third-order valence-corrected chi connectivity index (χ3v) is 3.23. The van der Waals surface area contributed by atoms with Crippen molar-refractivity contribution in [2.75, 3.05) is 6.61 Å². The van der Waals surface area contributed by atoms with Gasteiger partial charge in [0.2, 0.25) is 0 Å². The summed E-state index contributed by atoms with van der Waals surface area (Å²) < 4.78 is 7.09. The largest absolute Gasteiger partial charge is 0.490 e. The second-order valence-corrected chi connectivity index (χ2v) is 4.96. The molecule has 2 aromatic rings. The minimum atomic E-state index is -0.221. The SMILES string of the molecule is O=c1ccccn1CCOc1c(Cl)cc(Cl)cc1CO. The molecule has 0 aliphatic carbocycles. The Bertz CT molecular complexity index is 655. The molecule has 1 aromatic carbocycles. The Morgan fingerprint density at radius 2 is 2.05 bits per heavy atom. The minimum absolute atomic E-state index is 0.0966. The van der Waals surface area contributed by atoms with Gasteiger partial charge in [-0.25, -0.2) is 0 Å². The second kappa shape index (κ2) is 6.79. The van der Waals surface area contributed by atoms with Crippen molar-refractivity contribution in [1.29, 1.82) is 0 Å². The van der Waals surface area contributed by atoms with Crippen LogP contribution >= 0.6 is 23.2 Å². The summed E-state index contributed by atoms with van der Waals surface area (Å²) in [7, 11) is 0. The molecule has 0 spiro atoms. The zero-order valence-corrected chi connectivity index (χ0v) is 12.1. The van der Waals surface area contributed by atoms with Crippen molar-refractivity contribution >= 4 is 23.2 Å². The van der Waals surface area contributed by atoms with Gasteiger partial charge in [0, 0.05) is 22.8 Å². The number of aliphatic hydroxyl groups is 1. The summed E-state index contributed by atoms with van der Waals surface area (Å²) in [6.45, 7) is 0.433. The molecule has 1 heterocycles. The fourth-order valence-corrected chi connectivity index (χ4v) is 2.37. The maximum atomic E-state index is 11.5. The van der Waals surface area contributed by atoms with Crippen molar-refractivity contribution < 1.29 is 9.84 Å². The summed E-state index contributed by atoms with van der Waals surface area (Å²) in [6.07, 6.45) is 1.68. The van der Waals surface area contributed by atoms with Crippen LogP contribution in [0.2, 0.25) is 10.0 Å². The van der Waals surface area contributed by atoms with E-state index < -0.39 is 0 Å². The van der Waals surface area contributed by atoms with E-state index in [1.165, 1.54) is 10.6 Å². The van der Waals surface area contributed by atoms with Gasteiger partial charge in [-0.1, -0.05) is 29.3 Å². The van der Waals surface area contributed by atoms with Gasteiger partial charge in [0.25, 0.3) is 5.56 Å². The van der Waals surface area contributed by atoms with Crippen LogP contribution in [0.15, 0.2) is 41.3 Å². The molecule has 0 fully saturated rings. The number of pyridine rings is 1. The lowest BCUT2D eigenvalue weighted by Crippen LogP contribution is -2.21. The normalized spacial score (nSPS) is 10.6. The van der Waals surface area contributed by atoms with E-state index in [0.717, 1.165) is 0 Å². The van der Waals surface area contributed by atoms with Crippen LogP contribution in [0.5, 0.6) is 5.75 Å². The van der Waals surface area contributed by atoms with E-state index >= 15 is 0 Å². The van der Waals surface area contributed by atoms with E-state index in [2.05, 4.69) is 0 Å². The number of halogens is 2. The predicted molar refractivity (Wildman–Crippen MR) is 78.6 cm³/mol. The van der Waals surface area contributed by atoms with Gasteiger partial charge < -0.3 is 14.4 Å². The van der Waals surface area contributed by atoms with E-state index in [-0.39, 0.29) is 18.8 Å². The first-order valence-electron chi connectivity index (χ1n) is 5.99. The first-order chi connectivity index (χ1) is 9.61. The monoisotopic (exact) mass is 313 g/mol. The number of aliphatic hydroxyl groups excluding tert-OH is 1. The lowest BCUT2D eigenvalue weighted by Gasteiger charge is -2.13. The third-order valence-electron chi connectivity index (χ3n) is 2.73. The predicted octanol–water partition coefficient (Wildman–Crippen LogP) is 2.73. The fourth-order valence-electron chi connectivity index (χ4n) is 1.78. The van der Waals surface area contributed by atoms with Crippen LogP contribution in [-0.2, 0) is 13.2 Å². The average Bonchev–Trinajstić information content (AvgIpc) is 2.42. The van der Waals surface area contributed by atoms with Gasteiger partial charge in [-0.3, -0.25) is 4.79 Å². The van der Waals surface area contributed by atoms with Crippen LogP contribution in [-0.4, -0.2) is 16.3 Å². The van der Waals surface area contributed by atoms with Gasteiger partial charge in [-0.15, -0.1) is 0 Å². The highest BCUT2D eigenvalue weighted by molar-refractivity contribution is 6.35. The molecule has 0 aliphatic heterocycles. The lowest BCUT2D eigenvalue weighted by atomic mass is 10.2. The molecule has 1 N–H and O–H groups in total. The number of rotatable bonds is 5. The van der Waals surface area contributed by atoms with Gasteiger partial charge in [-0.2, -0.15) is 0 Å². The van der Waals surface area contributed by atoms with Gasteiger partial charge >= 0.3 is 0 Å². The van der Waals surface area contributed by atoms with Crippen LogP contribution < -0.4 is 10.3 Å². The standard InChI is InChI=1S/C14H13Cl2NO3/c15-11-7-10(9-18)14(12(16)8-11)20-6-5-17-4-2-1-3-13(17)19/h1-4,7-8,18H,5-6,9H2. The van der Waals surface area contributed by atoms with Crippen LogP contribution in [0.3, 0.4) is 0 Å². The maximum Gasteiger partial charge on any atom is 0.250 e. The van der Waals surface area contributed by atoms with Crippen molar-refractivity contribution in [3.63, 3.8) is 0 Å². The molecule has 0 saturated heterocycles. The Morgan fingerprint density at radius 1 is 1.25 bits per heavy atom. The number of ether oxygens (including phenoxy) is 1. The third kappa shape index (κ3) is 3.54. The van der Waals surface area contributed by atoms with Crippen molar-refractivity contribution in [3.8, 4) is 5.75 Å². The number of nitrogens with zero attached hydrogens (tertiary/aromatic N) is 1. The smallest absolute Gasteiger partial charge is 0.250 e. The Hall–Kier alpha value is -1.49. The summed E-state index contributed by atoms with van der Waals surface area (Å²) >= 11 is 11.9. The molecular formula is C14H13Cl2NO3. The molecule has 0 saturated carbocycles. The summed E-state index contributed by atoms with van der Waals surface area (Å²) in [5.41, 5.74) is 0.420. The molecule has 1 aromatic heterocycles. The van der Waals surface area contributed by atoms with E-state index in [1.54, 1.807) is 30.5 Å². The zero-order valence-electron chi connectivity index (χ0n) is 10.6. The summed E-state index contributed by atoms with van der Waals surface area (Å²) in [5, 5.41) is 10.0. The molecule has 0 atom stereocenters. The molecule has 0 radical (unpaired) electrons. The van der Waals surface area contributed by atoms with Crippen molar-refractivity contribution in [2.45, 2.75) is 13.2 Å². The van der Waals surface area contributed by atoms with Crippen LogP contribution in [0.1, 0.15) is 5.56 Å². The van der Waals surface area contributed by atoms with Crippen molar-refractivity contribution in [3.05, 3.63) is 62.5 Å². The van der Waals surface area contributed by atoms with Crippen LogP contribution in [0.4, 0.5) is 0 Å². The van der Waals surface area contributed by atoms with E-state index in [9.17, 15) is 9.90 Å². The second-order valence-electron chi connectivity index (χ2n) is 4.11. The average molecular weight is 314 g/mol. The topological polar surface area (TPSA) is 51.5 Å². The van der Waals surface area contributed by atoms with E-state index in [0.29, 0.717) is 27.9 Å². The summed E-state index contributed by atoms with van der Waals surface area (Å²) in [6, 6.07) is 8.08. The van der Waals surface area contributed by atoms with Gasteiger partial charge in [0.15, 0.2) is 0 Å². The Labute approximate surface area is 126 Å². The van der Waals surface area contributed by atoms with Gasteiger partial charge in [-0.05, 0) is 18.2 Å². The first-order valence-corrected chi connectivity index (χ1v) is 6.74. The van der Waals surface area contributed by atoms with E-state index in [1.807, 2.05) is 0 Å². The first kappa shape index (κ1) is 14.9. The van der Waals surface area contributed by atoms with Crippen molar-refractivity contribution in [2.24, 2.45) is 0 Å². The van der Waals surface area contributed by atoms with Crippen molar-refractivity contribution in [1.82, 2.24) is 4.57 Å². The lowest BCUT2D eigenvalue weighted by molar-refractivity contribution is 0.257. The molecule has 20 heavy (non-hydrogen) atoms. The fraction of sp³-hybridized carbons (Fsp3) is 0.214. The number of aromatic nitrogens is 1. The molecule has 4 nitrogen and oxygen atoms in total. The molecule has 0 amide bonds. The molecule has 0 aliphatic rings. The molecule has 106 valence electrons. The number of hydrogen-bond donors (Lipinski definition) is 1. The van der Waals surface area contributed by atoms with E-state index in [4.69, 9.17) is 27.9 Å². The highest BCUT2D eigenvalue weighted by Gasteiger charge is 2.10. The number of benzene rings is 1. The van der Waals surface area contributed by atoms with Crippen LogP contribution in [0, 0.1) is 0 Å². The van der Waals surface area contributed by atoms with Gasteiger partial charge in [0.05, 0.1) is 18.2 Å². The Balaban J connectivity index is 2.08. The minimum Gasteiger partial charge on any atom is -0.490 e. The van der Waals surface area contributed by atoms with Crippen LogP contribution in [0.25, 0.3) is 0 Å². The quantitative estimate of drug-likeness (QED) is 0.923. The maximum absolute atomic E-state index is 11.5. The molecule has 0 unspecified atom stereocenters. The Kier molecular flexibility index (Phi) is 5.06. The molecular weight excluding hydrogens is 301 g/mol. The van der Waals surface area contributed by atoms with Gasteiger partial charge in [0.1, 0.15) is 12.4 Å². The number of hydrogen-bond acceptors (Lipinski definition) is 3. The summed E-state index contributed by atoms with van der Waals surface area (Å²) in [4.78, 5) is 11.5. The highest BCUT2D eigenvalue weighted by Crippen LogP contribution is 2.32.